The van der Waals surface area contributed by atoms with E-state index in [0.717, 1.165) is 12.1 Å². The van der Waals surface area contributed by atoms with Crippen molar-refractivity contribution in [2.24, 2.45) is 0 Å². The highest BCUT2D eigenvalue weighted by atomic mass is 32.2. The van der Waals surface area contributed by atoms with E-state index in [2.05, 4.69) is 9.44 Å². The molecule has 0 aromatic heterocycles. The largest absolute Gasteiger partial charge is 0.399 e. The predicted octanol–water partition coefficient (Wildman–Crippen LogP) is 0.978. The molecule has 0 unspecified atom stereocenters. The van der Waals surface area contributed by atoms with Gasteiger partial charge in [-0.2, -0.15) is 0 Å². The molecule has 22 heavy (non-hydrogen) atoms. The first kappa shape index (κ1) is 16.3. The van der Waals surface area contributed by atoms with Crippen LogP contribution in [0.25, 0.3) is 0 Å². The van der Waals surface area contributed by atoms with Crippen molar-refractivity contribution >= 4 is 31.4 Å². The maximum atomic E-state index is 12.5. The summed E-state index contributed by atoms with van der Waals surface area (Å²) >= 11 is 0. The van der Waals surface area contributed by atoms with Gasteiger partial charge in [0.05, 0.1) is 0 Å². The zero-order chi connectivity index (χ0) is 16.4. The molecule has 0 atom stereocenters. The Kier molecular flexibility index (Phi) is 4.40. The van der Waals surface area contributed by atoms with E-state index in [1.54, 1.807) is 30.3 Å². The van der Waals surface area contributed by atoms with Crippen molar-refractivity contribution in [3.8, 4) is 0 Å². The Labute approximate surface area is 129 Å². The lowest BCUT2D eigenvalue weighted by atomic mass is 10.3. The lowest BCUT2D eigenvalue weighted by Crippen LogP contribution is -2.23. The van der Waals surface area contributed by atoms with Crippen LogP contribution < -0.4 is 15.2 Å². The lowest BCUT2D eigenvalue weighted by Gasteiger charge is -2.13. The molecule has 0 radical (unpaired) electrons. The molecule has 0 amide bonds. The number of rotatable bonds is 5. The van der Waals surface area contributed by atoms with Crippen LogP contribution in [0.2, 0.25) is 0 Å². The molecule has 2 rings (SSSR count). The number of nitrogen functional groups attached to an aromatic ring is 1. The summed E-state index contributed by atoms with van der Waals surface area (Å²) < 4.78 is 53.3. The van der Waals surface area contributed by atoms with Gasteiger partial charge in [0.2, 0.25) is 10.0 Å². The van der Waals surface area contributed by atoms with Gasteiger partial charge in [-0.3, -0.25) is 4.72 Å². The number of para-hydroxylation sites is 1. The summed E-state index contributed by atoms with van der Waals surface area (Å²) in [6.07, 6.45) is 0. The van der Waals surface area contributed by atoms with E-state index in [1.807, 2.05) is 0 Å². The van der Waals surface area contributed by atoms with Crippen LogP contribution in [0.4, 0.5) is 11.4 Å². The third-order valence-electron chi connectivity index (χ3n) is 2.84. The van der Waals surface area contributed by atoms with Gasteiger partial charge >= 0.3 is 0 Å². The quantitative estimate of drug-likeness (QED) is 0.701. The molecule has 2 aromatic carbocycles. The van der Waals surface area contributed by atoms with Crippen LogP contribution in [0, 0.1) is 0 Å². The van der Waals surface area contributed by atoms with E-state index >= 15 is 0 Å². The zero-order valence-electron chi connectivity index (χ0n) is 11.6. The summed E-state index contributed by atoms with van der Waals surface area (Å²) in [6, 6.07) is 11.8. The number of hydrogen-bond donors (Lipinski definition) is 3. The average molecular weight is 341 g/mol. The summed E-state index contributed by atoms with van der Waals surface area (Å²) in [6.45, 7) is 0. The number of sulfonamides is 2. The predicted molar refractivity (Wildman–Crippen MR) is 84.4 cm³/mol. The molecule has 0 aliphatic heterocycles. The summed E-state index contributed by atoms with van der Waals surface area (Å²) in [5, 5.41) is 0. The first-order chi connectivity index (χ1) is 10.3. The van der Waals surface area contributed by atoms with Gasteiger partial charge in [-0.05, 0) is 37.4 Å². The highest BCUT2D eigenvalue weighted by molar-refractivity contribution is 7.94. The van der Waals surface area contributed by atoms with E-state index in [-0.39, 0.29) is 10.6 Å². The topological polar surface area (TPSA) is 118 Å². The molecule has 0 fully saturated rings. The van der Waals surface area contributed by atoms with Gasteiger partial charge in [-0.15, -0.1) is 0 Å². The van der Waals surface area contributed by atoms with Gasteiger partial charge in [0.25, 0.3) is 10.0 Å². The molecular formula is C13H15N3O4S2. The van der Waals surface area contributed by atoms with E-state index < -0.39 is 24.9 Å². The van der Waals surface area contributed by atoms with Gasteiger partial charge in [-0.25, -0.2) is 21.6 Å². The Morgan fingerprint density at radius 1 is 0.864 bits per heavy atom. The van der Waals surface area contributed by atoms with Gasteiger partial charge < -0.3 is 5.73 Å². The van der Waals surface area contributed by atoms with Crippen molar-refractivity contribution in [1.82, 2.24) is 4.72 Å². The first-order valence-electron chi connectivity index (χ1n) is 6.17. The highest BCUT2D eigenvalue weighted by Crippen LogP contribution is 2.25. The van der Waals surface area contributed by atoms with Gasteiger partial charge in [0.15, 0.2) is 0 Å². The van der Waals surface area contributed by atoms with E-state index in [4.69, 9.17) is 5.73 Å². The lowest BCUT2D eigenvalue weighted by molar-refractivity contribution is 0.579. The third kappa shape index (κ3) is 3.38. The molecule has 0 aliphatic carbocycles. The van der Waals surface area contributed by atoms with Crippen LogP contribution in [0.15, 0.2) is 58.3 Å². The monoisotopic (exact) mass is 341 g/mol. The third-order valence-corrected chi connectivity index (χ3v) is 5.86. The second-order valence-electron chi connectivity index (χ2n) is 4.39. The number of anilines is 2. The Hall–Kier alpha value is -2.10. The van der Waals surface area contributed by atoms with E-state index in [1.165, 1.54) is 13.1 Å². The minimum Gasteiger partial charge on any atom is -0.399 e. The smallest absolute Gasteiger partial charge is 0.263 e. The Balaban J connectivity index is 2.57. The van der Waals surface area contributed by atoms with Crippen LogP contribution in [0.1, 0.15) is 0 Å². The van der Waals surface area contributed by atoms with Crippen molar-refractivity contribution in [1.29, 1.82) is 0 Å². The Morgan fingerprint density at radius 3 is 2.09 bits per heavy atom. The summed E-state index contributed by atoms with van der Waals surface area (Å²) in [4.78, 5) is -0.779. The maximum absolute atomic E-state index is 12.5. The summed E-state index contributed by atoms with van der Waals surface area (Å²) in [5.74, 6) is 0. The molecule has 0 heterocycles. The molecule has 7 nitrogen and oxygen atoms in total. The molecule has 0 bridgehead atoms. The molecule has 2 aromatic rings. The van der Waals surface area contributed by atoms with Crippen molar-refractivity contribution in [2.45, 2.75) is 9.79 Å². The van der Waals surface area contributed by atoms with Crippen LogP contribution in [0.3, 0.4) is 0 Å². The maximum Gasteiger partial charge on any atom is 0.263 e. The standard InChI is InChI=1S/C13H15N3O4S2/c1-15-21(17,18)13-9-10(14)7-8-12(13)22(19,20)16-11-5-3-2-4-6-11/h2-9,15-16H,14H2,1H3. The fraction of sp³-hybridized carbons (Fsp3) is 0.0769. The fourth-order valence-electron chi connectivity index (χ4n) is 1.78. The second kappa shape index (κ2) is 5.95. The molecule has 0 saturated heterocycles. The average Bonchev–Trinajstić information content (AvgIpc) is 2.47. The molecule has 4 N–H and O–H groups in total. The summed E-state index contributed by atoms with van der Waals surface area (Å²) in [7, 11) is -6.86. The van der Waals surface area contributed by atoms with Crippen molar-refractivity contribution < 1.29 is 16.8 Å². The van der Waals surface area contributed by atoms with Gasteiger partial charge in [0.1, 0.15) is 9.79 Å². The van der Waals surface area contributed by atoms with Gasteiger partial charge in [-0.1, -0.05) is 18.2 Å². The van der Waals surface area contributed by atoms with Crippen molar-refractivity contribution in [2.75, 3.05) is 17.5 Å². The van der Waals surface area contributed by atoms with Crippen LogP contribution >= 0.6 is 0 Å². The fourth-order valence-corrected chi connectivity index (χ4v) is 4.41. The van der Waals surface area contributed by atoms with E-state index in [9.17, 15) is 16.8 Å². The zero-order valence-corrected chi connectivity index (χ0v) is 13.3. The SMILES string of the molecule is CNS(=O)(=O)c1cc(N)ccc1S(=O)(=O)Nc1ccccc1. The van der Waals surface area contributed by atoms with Crippen LogP contribution in [-0.2, 0) is 20.0 Å². The number of nitrogens with one attached hydrogen (secondary N) is 2. The Bertz CT molecular complexity index is 879. The minimum atomic E-state index is -4.08. The number of hydrogen-bond acceptors (Lipinski definition) is 5. The number of nitrogens with two attached hydrogens (primary N) is 1. The molecule has 0 spiro atoms. The summed E-state index contributed by atoms with van der Waals surface area (Å²) in [5.41, 5.74) is 6.04. The molecule has 118 valence electrons. The normalized spacial score (nSPS) is 12.0. The second-order valence-corrected chi connectivity index (χ2v) is 7.89. The van der Waals surface area contributed by atoms with Crippen molar-refractivity contribution in [3.63, 3.8) is 0 Å². The molecular weight excluding hydrogens is 326 g/mol. The Morgan fingerprint density at radius 2 is 1.50 bits per heavy atom. The minimum absolute atomic E-state index is 0.146. The van der Waals surface area contributed by atoms with E-state index in [0.29, 0.717) is 5.69 Å². The molecule has 9 heteroatoms. The van der Waals surface area contributed by atoms with Gasteiger partial charge in [0, 0.05) is 11.4 Å². The highest BCUT2D eigenvalue weighted by Gasteiger charge is 2.26. The molecule has 0 saturated carbocycles. The number of benzene rings is 2. The first-order valence-corrected chi connectivity index (χ1v) is 9.14. The molecule has 0 aliphatic rings. The van der Waals surface area contributed by atoms with Crippen LogP contribution in [0.5, 0.6) is 0 Å². The van der Waals surface area contributed by atoms with Crippen molar-refractivity contribution in [3.05, 3.63) is 48.5 Å². The van der Waals surface area contributed by atoms with Crippen LogP contribution in [-0.4, -0.2) is 23.9 Å².